The van der Waals surface area contributed by atoms with Crippen LogP contribution in [0.5, 0.6) is 11.5 Å². The number of hydrogen-bond acceptors (Lipinski definition) is 11. The van der Waals surface area contributed by atoms with Crippen LogP contribution < -0.4 is 15.4 Å². The topological polar surface area (TPSA) is 213 Å². The molecule has 45 heavy (non-hydrogen) atoms. The van der Waals surface area contributed by atoms with Gasteiger partial charge in [-0.3, -0.25) is 14.7 Å². The summed E-state index contributed by atoms with van der Waals surface area (Å²) in [4.78, 5) is 59.5. The molecule has 0 saturated heterocycles. The Bertz CT molecular complexity index is 1540. The first-order valence-corrected chi connectivity index (χ1v) is 15.3. The molecule has 16 heteroatoms. The van der Waals surface area contributed by atoms with E-state index in [0.29, 0.717) is 11.1 Å². The number of phenolic OH excluding ortho intramolecular Hbond substituents is 1. The number of amides is 2. The van der Waals surface area contributed by atoms with E-state index in [4.69, 9.17) is 18.9 Å². The minimum atomic E-state index is -4.65. The van der Waals surface area contributed by atoms with Crippen LogP contribution in [0, 0.1) is 10.1 Å². The van der Waals surface area contributed by atoms with Gasteiger partial charge in [0.05, 0.1) is 19.1 Å². The maximum absolute atomic E-state index is 13.8. The number of nitrogens with zero attached hydrogens (tertiary/aromatic N) is 1. The fourth-order valence-corrected chi connectivity index (χ4v) is 5.91. The Hall–Kier alpha value is -5.14. The molecule has 0 saturated carbocycles. The second kappa shape index (κ2) is 16.1. The molecule has 4 N–H and O–H groups in total. The van der Waals surface area contributed by atoms with Gasteiger partial charge in [-0.05, 0) is 29.2 Å². The van der Waals surface area contributed by atoms with Gasteiger partial charge in [0.1, 0.15) is 25.0 Å². The van der Waals surface area contributed by atoms with Crippen LogP contribution in [-0.2, 0) is 36.8 Å². The largest absolute Gasteiger partial charge is 0.500 e. The van der Waals surface area contributed by atoms with Crippen LogP contribution in [-0.4, -0.2) is 59.5 Å². The zero-order chi connectivity index (χ0) is 33.0. The van der Waals surface area contributed by atoms with Crippen LogP contribution in [0.4, 0.5) is 15.3 Å². The predicted octanol–water partition coefficient (Wildman–Crippen LogP) is 4.36. The average molecular weight is 646 g/mol. The van der Waals surface area contributed by atoms with Gasteiger partial charge < -0.3 is 39.6 Å². The number of carbonyl (C=O) groups is 3. The monoisotopic (exact) mass is 645 g/mol. The maximum atomic E-state index is 13.8. The lowest BCUT2D eigenvalue weighted by atomic mass is 10.1. The molecular weight excluding hydrogens is 613 g/mol. The van der Waals surface area contributed by atoms with E-state index in [9.17, 15) is 39.1 Å². The number of nitrogens with one attached hydrogen (secondary N) is 2. The molecule has 3 rings (SSSR count). The highest BCUT2D eigenvalue weighted by atomic mass is 31.2. The third-order valence-electron chi connectivity index (χ3n) is 6.41. The molecule has 3 aromatic rings. The highest BCUT2D eigenvalue weighted by molar-refractivity contribution is 7.58. The van der Waals surface area contributed by atoms with E-state index in [2.05, 4.69) is 10.6 Å². The summed E-state index contributed by atoms with van der Waals surface area (Å²) in [5.41, 5.74) is 0.158. The summed E-state index contributed by atoms with van der Waals surface area (Å²) in [6, 6.07) is 17.7. The Morgan fingerprint density at radius 1 is 0.911 bits per heavy atom. The molecule has 0 aliphatic carbocycles. The zero-order valence-electron chi connectivity index (χ0n) is 24.3. The lowest BCUT2D eigenvalue weighted by Crippen LogP contribution is -2.42. The van der Waals surface area contributed by atoms with Crippen molar-refractivity contribution in [3.8, 4) is 11.5 Å². The molecule has 0 fully saturated rings. The molecular formula is C29H32N3O12P. The summed E-state index contributed by atoms with van der Waals surface area (Å²) >= 11 is 0. The number of phenols is 1. The van der Waals surface area contributed by atoms with Crippen molar-refractivity contribution < 1.29 is 52.8 Å². The van der Waals surface area contributed by atoms with Crippen molar-refractivity contribution in [3.63, 3.8) is 0 Å². The number of hydrogen-bond donors (Lipinski definition) is 4. The Balaban J connectivity index is 1.84. The molecule has 0 aliphatic rings. The Kier molecular flexibility index (Phi) is 12.3. The number of carbonyl (C=O) groups excluding carboxylic acids is 3. The summed E-state index contributed by atoms with van der Waals surface area (Å²) < 4.78 is 33.9. The number of methoxy groups -OCH3 is 2. The van der Waals surface area contributed by atoms with Gasteiger partial charge in [-0.1, -0.05) is 60.7 Å². The Labute approximate surface area is 257 Å². The second-order valence-corrected chi connectivity index (χ2v) is 12.0. The van der Waals surface area contributed by atoms with E-state index in [1.165, 1.54) is 0 Å². The third kappa shape index (κ3) is 9.95. The number of rotatable bonds is 14. The number of aromatic hydroxyl groups is 1. The Morgan fingerprint density at radius 3 is 1.93 bits per heavy atom. The van der Waals surface area contributed by atoms with Crippen molar-refractivity contribution in [2.24, 2.45) is 0 Å². The molecule has 0 heterocycles. The fraction of sp³-hybridized carbons (Fsp3) is 0.276. The van der Waals surface area contributed by atoms with Crippen molar-refractivity contribution in [1.82, 2.24) is 10.6 Å². The van der Waals surface area contributed by atoms with Crippen LogP contribution >= 0.6 is 7.37 Å². The Morgan fingerprint density at radius 2 is 1.44 bits per heavy atom. The minimum absolute atomic E-state index is 0.113. The molecule has 15 nitrogen and oxygen atoms in total. The zero-order valence-corrected chi connectivity index (χ0v) is 25.2. The van der Waals surface area contributed by atoms with Crippen molar-refractivity contribution in [3.05, 3.63) is 99.6 Å². The van der Waals surface area contributed by atoms with Gasteiger partial charge in [-0.15, -0.1) is 0 Å². The number of alkyl carbamates (subject to hydrolysis) is 2. The molecule has 0 bridgehead atoms. The number of esters is 1. The van der Waals surface area contributed by atoms with E-state index < -0.39 is 72.0 Å². The SMILES string of the molecule is COC(=O)[C@H](CCP(=O)(O)C(NC(=O)OCc1ccccc1)c1cc(OC)c(O)c([N+](=O)[O-])c1)NC(=O)OCc1ccccc1. The number of nitro groups is 1. The van der Waals surface area contributed by atoms with Gasteiger partial charge in [0, 0.05) is 12.2 Å². The van der Waals surface area contributed by atoms with Crippen LogP contribution in [0.15, 0.2) is 72.8 Å². The first-order valence-electron chi connectivity index (χ1n) is 13.3. The highest BCUT2D eigenvalue weighted by Gasteiger charge is 2.38. The molecule has 0 aliphatic heterocycles. The fourth-order valence-electron chi connectivity index (χ4n) is 4.10. The van der Waals surface area contributed by atoms with Gasteiger partial charge in [0.25, 0.3) is 0 Å². The van der Waals surface area contributed by atoms with E-state index in [-0.39, 0.29) is 18.8 Å². The van der Waals surface area contributed by atoms with Gasteiger partial charge in [0.15, 0.2) is 5.75 Å². The lowest BCUT2D eigenvalue weighted by molar-refractivity contribution is -0.386. The molecule has 0 spiro atoms. The summed E-state index contributed by atoms with van der Waals surface area (Å²) in [5.74, 6) is -4.02. The van der Waals surface area contributed by atoms with Gasteiger partial charge >= 0.3 is 23.8 Å². The van der Waals surface area contributed by atoms with E-state index in [1.54, 1.807) is 60.7 Å². The van der Waals surface area contributed by atoms with E-state index >= 15 is 0 Å². The molecule has 240 valence electrons. The van der Waals surface area contributed by atoms with Crippen molar-refractivity contribution in [1.29, 1.82) is 0 Å². The first kappa shape index (κ1) is 34.4. The van der Waals surface area contributed by atoms with Crippen LogP contribution in [0.25, 0.3) is 0 Å². The van der Waals surface area contributed by atoms with Gasteiger partial charge in [0.2, 0.25) is 13.1 Å². The van der Waals surface area contributed by atoms with Crippen molar-refractivity contribution in [2.75, 3.05) is 20.4 Å². The summed E-state index contributed by atoms with van der Waals surface area (Å²) in [6.07, 6.45) is -3.30. The van der Waals surface area contributed by atoms with E-state index in [0.717, 1.165) is 26.4 Å². The molecule has 3 aromatic carbocycles. The normalized spacial score (nSPS) is 13.3. The molecule has 2 unspecified atom stereocenters. The molecule has 0 radical (unpaired) electrons. The van der Waals surface area contributed by atoms with E-state index in [1.807, 2.05) is 0 Å². The molecule has 0 aromatic heterocycles. The first-order chi connectivity index (χ1) is 21.4. The molecule has 2 amide bonds. The predicted molar refractivity (Wildman–Crippen MR) is 159 cm³/mol. The second-order valence-electron chi connectivity index (χ2n) is 9.51. The highest BCUT2D eigenvalue weighted by Crippen LogP contribution is 2.56. The number of nitro benzene ring substituents is 1. The summed E-state index contributed by atoms with van der Waals surface area (Å²) in [5, 5.41) is 26.4. The van der Waals surface area contributed by atoms with Gasteiger partial charge in [-0.2, -0.15) is 0 Å². The van der Waals surface area contributed by atoms with Crippen LogP contribution in [0.2, 0.25) is 0 Å². The number of benzene rings is 3. The van der Waals surface area contributed by atoms with Crippen molar-refractivity contribution in [2.45, 2.75) is 31.5 Å². The lowest BCUT2D eigenvalue weighted by Gasteiger charge is -2.26. The van der Waals surface area contributed by atoms with Gasteiger partial charge in [-0.25, -0.2) is 14.4 Å². The minimum Gasteiger partial charge on any atom is -0.500 e. The smallest absolute Gasteiger partial charge is 0.408 e. The standard InChI is InChI=1S/C29H32N3O12P/c1-41-24-16-21(15-23(25(24)33)32(37)38)26(31-29(36)44-18-20-11-7-4-8-12-20)45(39,40)14-13-22(27(34)42-2)30-28(35)43-17-19-9-5-3-6-10-19/h3-12,15-16,22,26,33H,13-14,17-18H2,1-2H3,(H,30,35)(H,31,36)(H,39,40)/t22-,26?/m0/s1. The quantitative estimate of drug-likeness (QED) is 0.0633. The van der Waals surface area contributed by atoms with Crippen LogP contribution in [0.1, 0.15) is 28.9 Å². The number of ether oxygens (including phenoxy) is 4. The molecule has 3 atom stereocenters. The average Bonchev–Trinajstić information content (AvgIpc) is 3.04. The van der Waals surface area contributed by atoms with Crippen LogP contribution in [0.3, 0.4) is 0 Å². The summed E-state index contributed by atoms with van der Waals surface area (Å²) in [6.45, 7) is -0.314. The van der Waals surface area contributed by atoms with Crippen molar-refractivity contribution >= 4 is 31.2 Å². The summed E-state index contributed by atoms with van der Waals surface area (Å²) in [7, 11) is -2.48. The third-order valence-corrected chi connectivity index (χ3v) is 8.54. The maximum Gasteiger partial charge on any atom is 0.408 e.